The third-order valence-electron chi connectivity index (χ3n) is 4.10. The van der Waals surface area contributed by atoms with Gasteiger partial charge in [0.1, 0.15) is 6.04 Å². The van der Waals surface area contributed by atoms with Crippen molar-refractivity contribution in [2.75, 3.05) is 6.54 Å². The topological polar surface area (TPSA) is 75.3 Å². The first-order valence-electron chi connectivity index (χ1n) is 7.31. The van der Waals surface area contributed by atoms with E-state index in [1.807, 2.05) is 30.3 Å². The van der Waals surface area contributed by atoms with Crippen LogP contribution >= 0.6 is 0 Å². The fourth-order valence-electron chi connectivity index (χ4n) is 2.97. The van der Waals surface area contributed by atoms with E-state index in [0.717, 1.165) is 31.2 Å². The van der Waals surface area contributed by atoms with Crippen molar-refractivity contribution in [2.45, 2.75) is 44.2 Å². The molecular formula is C16H24N2O2. The molecule has 110 valence electrons. The molecule has 0 spiro atoms. The fraction of sp³-hybridized carbons (Fsp3) is 0.562. The molecule has 1 aromatic carbocycles. The Morgan fingerprint density at radius 2 is 2.20 bits per heavy atom. The molecule has 3 atom stereocenters. The number of hydrogen-bond acceptors (Lipinski definition) is 3. The van der Waals surface area contributed by atoms with Gasteiger partial charge >= 0.3 is 0 Å². The molecule has 1 saturated carbocycles. The first-order chi connectivity index (χ1) is 9.50. The van der Waals surface area contributed by atoms with Gasteiger partial charge in [-0.05, 0) is 24.3 Å². The summed E-state index contributed by atoms with van der Waals surface area (Å²) in [5.41, 5.74) is 5.94. The van der Waals surface area contributed by atoms with Crippen LogP contribution in [-0.4, -0.2) is 23.2 Å². The zero-order valence-corrected chi connectivity index (χ0v) is 12.0. The highest BCUT2D eigenvalue weighted by molar-refractivity contribution is 5.82. The Morgan fingerprint density at radius 1 is 1.50 bits per heavy atom. The quantitative estimate of drug-likeness (QED) is 0.784. The number of amides is 1. The van der Waals surface area contributed by atoms with Crippen molar-refractivity contribution in [1.29, 1.82) is 0 Å². The SMILES string of the molecule is CC1CCCC(O)(CNC(=O)[C@H](N)c2ccccc2)C1. The average Bonchev–Trinajstić information content (AvgIpc) is 2.45. The zero-order valence-electron chi connectivity index (χ0n) is 12.0. The Bertz CT molecular complexity index is 449. The molecule has 2 rings (SSSR count). The molecule has 2 unspecified atom stereocenters. The minimum absolute atomic E-state index is 0.233. The maximum Gasteiger partial charge on any atom is 0.241 e. The molecule has 0 saturated heterocycles. The summed E-state index contributed by atoms with van der Waals surface area (Å²) in [6.07, 6.45) is 3.66. The highest BCUT2D eigenvalue weighted by Gasteiger charge is 2.33. The lowest BCUT2D eigenvalue weighted by molar-refractivity contribution is -0.124. The van der Waals surface area contributed by atoms with Gasteiger partial charge in [-0.25, -0.2) is 0 Å². The van der Waals surface area contributed by atoms with Crippen molar-refractivity contribution < 1.29 is 9.90 Å². The molecule has 0 aromatic heterocycles. The van der Waals surface area contributed by atoms with Gasteiger partial charge in [-0.3, -0.25) is 4.79 Å². The third kappa shape index (κ3) is 3.81. The van der Waals surface area contributed by atoms with Crippen LogP contribution in [0.1, 0.15) is 44.2 Å². The molecule has 4 N–H and O–H groups in total. The second-order valence-electron chi connectivity index (χ2n) is 6.03. The number of rotatable bonds is 4. The lowest BCUT2D eigenvalue weighted by atomic mass is 9.79. The Hall–Kier alpha value is -1.39. The molecule has 0 bridgehead atoms. The number of nitrogens with one attached hydrogen (secondary N) is 1. The second-order valence-corrected chi connectivity index (χ2v) is 6.03. The summed E-state index contributed by atoms with van der Waals surface area (Å²) in [6.45, 7) is 2.43. The Morgan fingerprint density at radius 3 is 2.85 bits per heavy atom. The van der Waals surface area contributed by atoms with Crippen molar-refractivity contribution in [1.82, 2.24) is 5.32 Å². The monoisotopic (exact) mass is 276 g/mol. The van der Waals surface area contributed by atoms with Crippen LogP contribution in [0.25, 0.3) is 0 Å². The lowest BCUT2D eigenvalue weighted by Gasteiger charge is -2.35. The number of hydrogen-bond donors (Lipinski definition) is 3. The zero-order chi connectivity index (χ0) is 14.6. The first-order valence-corrected chi connectivity index (χ1v) is 7.31. The highest BCUT2D eigenvalue weighted by Crippen LogP contribution is 2.31. The van der Waals surface area contributed by atoms with Gasteiger partial charge in [0, 0.05) is 6.54 Å². The molecule has 4 heteroatoms. The van der Waals surface area contributed by atoms with Crippen molar-refractivity contribution in [3.8, 4) is 0 Å². The van der Waals surface area contributed by atoms with E-state index >= 15 is 0 Å². The van der Waals surface area contributed by atoms with Crippen molar-refractivity contribution in [2.24, 2.45) is 11.7 Å². The van der Waals surface area contributed by atoms with E-state index in [-0.39, 0.29) is 12.5 Å². The molecule has 1 aliphatic carbocycles. The Labute approximate surface area is 120 Å². The summed E-state index contributed by atoms with van der Waals surface area (Å²) in [5.74, 6) is 0.274. The van der Waals surface area contributed by atoms with Gasteiger partial charge < -0.3 is 16.2 Å². The standard InChI is InChI=1S/C16H24N2O2/c1-12-6-5-9-16(20,10-12)11-18-15(19)14(17)13-7-3-2-4-8-13/h2-4,7-8,12,14,20H,5-6,9-11,17H2,1H3,(H,18,19)/t12?,14-,16?/m1/s1. The maximum absolute atomic E-state index is 12.1. The Kier molecular flexibility index (Phi) is 4.78. The van der Waals surface area contributed by atoms with Crippen LogP contribution in [0.15, 0.2) is 30.3 Å². The van der Waals surface area contributed by atoms with Gasteiger partial charge in [-0.2, -0.15) is 0 Å². The lowest BCUT2D eigenvalue weighted by Crippen LogP contribution is -2.47. The van der Waals surface area contributed by atoms with E-state index in [4.69, 9.17) is 5.73 Å². The molecule has 20 heavy (non-hydrogen) atoms. The van der Waals surface area contributed by atoms with Crippen molar-refractivity contribution >= 4 is 5.91 Å². The van der Waals surface area contributed by atoms with Gasteiger partial charge in [0.15, 0.2) is 0 Å². The molecular weight excluding hydrogens is 252 g/mol. The fourth-order valence-corrected chi connectivity index (χ4v) is 2.97. The van der Waals surface area contributed by atoms with Gasteiger partial charge in [-0.15, -0.1) is 0 Å². The first kappa shape index (κ1) is 15.0. The van der Waals surface area contributed by atoms with Gasteiger partial charge in [0.05, 0.1) is 5.60 Å². The summed E-state index contributed by atoms with van der Waals surface area (Å²) < 4.78 is 0. The van der Waals surface area contributed by atoms with E-state index in [9.17, 15) is 9.90 Å². The van der Waals surface area contributed by atoms with Crippen molar-refractivity contribution in [3.05, 3.63) is 35.9 Å². The van der Waals surface area contributed by atoms with E-state index in [2.05, 4.69) is 12.2 Å². The number of aliphatic hydroxyl groups is 1. The van der Waals surface area contributed by atoms with E-state index in [1.165, 1.54) is 0 Å². The van der Waals surface area contributed by atoms with Crippen LogP contribution in [0.5, 0.6) is 0 Å². The number of nitrogens with two attached hydrogens (primary N) is 1. The molecule has 0 radical (unpaired) electrons. The third-order valence-corrected chi connectivity index (χ3v) is 4.10. The van der Waals surface area contributed by atoms with Crippen molar-refractivity contribution in [3.63, 3.8) is 0 Å². The molecule has 1 aromatic rings. The minimum Gasteiger partial charge on any atom is -0.388 e. The molecule has 1 fully saturated rings. The van der Waals surface area contributed by atoms with Crippen LogP contribution in [0.3, 0.4) is 0 Å². The maximum atomic E-state index is 12.1. The van der Waals surface area contributed by atoms with Crippen LogP contribution in [-0.2, 0) is 4.79 Å². The van der Waals surface area contributed by atoms with Crippen LogP contribution in [0.4, 0.5) is 0 Å². The average molecular weight is 276 g/mol. The Balaban J connectivity index is 1.89. The van der Waals surface area contributed by atoms with Gasteiger partial charge in [0.2, 0.25) is 5.91 Å². The summed E-state index contributed by atoms with van der Waals surface area (Å²) in [4.78, 5) is 12.1. The van der Waals surface area contributed by atoms with Crippen LogP contribution in [0.2, 0.25) is 0 Å². The smallest absolute Gasteiger partial charge is 0.241 e. The van der Waals surface area contributed by atoms with Crippen LogP contribution in [0, 0.1) is 5.92 Å². The molecule has 1 amide bonds. The summed E-state index contributed by atoms with van der Waals surface area (Å²) in [7, 11) is 0. The molecule has 4 nitrogen and oxygen atoms in total. The van der Waals surface area contributed by atoms with Crippen LogP contribution < -0.4 is 11.1 Å². The summed E-state index contributed by atoms with van der Waals surface area (Å²) in [6, 6.07) is 8.60. The highest BCUT2D eigenvalue weighted by atomic mass is 16.3. The number of benzene rings is 1. The van der Waals surface area contributed by atoms with E-state index < -0.39 is 11.6 Å². The number of carbonyl (C=O) groups excluding carboxylic acids is 1. The van der Waals surface area contributed by atoms with E-state index in [0.29, 0.717) is 5.92 Å². The molecule has 0 heterocycles. The van der Waals surface area contributed by atoms with Gasteiger partial charge in [-0.1, -0.05) is 50.1 Å². The molecule has 0 aliphatic heterocycles. The largest absolute Gasteiger partial charge is 0.388 e. The van der Waals surface area contributed by atoms with E-state index in [1.54, 1.807) is 0 Å². The van der Waals surface area contributed by atoms with Gasteiger partial charge in [0.25, 0.3) is 0 Å². The summed E-state index contributed by atoms with van der Waals surface area (Å²) in [5, 5.41) is 13.3. The predicted molar refractivity (Wildman–Crippen MR) is 79.0 cm³/mol. The predicted octanol–water partition coefficient (Wildman–Crippen LogP) is 1.74. The second kappa shape index (κ2) is 6.37. The molecule has 1 aliphatic rings. The summed E-state index contributed by atoms with van der Waals surface area (Å²) >= 11 is 0. The number of carbonyl (C=O) groups is 1. The minimum atomic E-state index is -0.774. The normalized spacial score (nSPS) is 27.9.